The van der Waals surface area contributed by atoms with E-state index in [9.17, 15) is 13.2 Å². The first-order chi connectivity index (χ1) is 5.88. The monoisotopic (exact) mass is 208 g/mol. The molecule has 0 aromatic carbocycles. The minimum Gasteiger partial charge on any atom is -0.479 e. The lowest BCUT2D eigenvalue weighted by molar-refractivity contribution is -0.148. The van der Waals surface area contributed by atoms with Gasteiger partial charge >= 0.3 is 5.97 Å². The number of carboxylic acid groups (broad SMARTS) is 1. The molecule has 1 saturated heterocycles. The zero-order valence-electron chi connectivity index (χ0n) is 7.26. The summed E-state index contributed by atoms with van der Waals surface area (Å²) < 4.78 is 26.7. The van der Waals surface area contributed by atoms with Gasteiger partial charge < -0.3 is 9.84 Å². The first-order valence-electron chi connectivity index (χ1n) is 3.94. The van der Waals surface area contributed by atoms with E-state index in [1.54, 1.807) is 0 Å². The fourth-order valence-electron chi connectivity index (χ4n) is 1.35. The summed E-state index contributed by atoms with van der Waals surface area (Å²) in [6.45, 7) is 0. The van der Waals surface area contributed by atoms with Crippen LogP contribution in [0.2, 0.25) is 0 Å². The molecule has 2 atom stereocenters. The van der Waals surface area contributed by atoms with E-state index in [4.69, 9.17) is 9.84 Å². The van der Waals surface area contributed by atoms with Crippen molar-refractivity contribution in [3.05, 3.63) is 0 Å². The Morgan fingerprint density at radius 2 is 2.15 bits per heavy atom. The highest BCUT2D eigenvalue weighted by atomic mass is 32.2. The molecule has 0 aromatic heterocycles. The van der Waals surface area contributed by atoms with Gasteiger partial charge in [-0.2, -0.15) is 0 Å². The SMILES string of the molecule is CS(=O)(=O)C[C@@H]1CC[C@@H](C(=O)O)O1. The highest BCUT2D eigenvalue weighted by Crippen LogP contribution is 2.20. The molecule has 0 saturated carbocycles. The number of sulfone groups is 1. The van der Waals surface area contributed by atoms with Crippen molar-refractivity contribution in [2.45, 2.75) is 25.0 Å². The summed E-state index contributed by atoms with van der Waals surface area (Å²) in [5.74, 6) is -1.10. The van der Waals surface area contributed by atoms with Gasteiger partial charge in [-0.25, -0.2) is 13.2 Å². The molecule has 1 aliphatic heterocycles. The number of hydrogen-bond acceptors (Lipinski definition) is 4. The summed E-state index contributed by atoms with van der Waals surface area (Å²) in [5, 5.41) is 8.55. The number of aliphatic carboxylic acids is 1. The number of rotatable bonds is 3. The van der Waals surface area contributed by atoms with E-state index >= 15 is 0 Å². The molecule has 6 heteroatoms. The van der Waals surface area contributed by atoms with Crippen LogP contribution >= 0.6 is 0 Å². The molecule has 0 unspecified atom stereocenters. The van der Waals surface area contributed by atoms with Crippen LogP contribution in [0.5, 0.6) is 0 Å². The van der Waals surface area contributed by atoms with Crippen molar-refractivity contribution in [2.24, 2.45) is 0 Å². The number of ether oxygens (including phenoxy) is 1. The topological polar surface area (TPSA) is 80.7 Å². The highest BCUT2D eigenvalue weighted by molar-refractivity contribution is 7.90. The summed E-state index contributed by atoms with van der Waals surface area (Å²) in [7, 11) is -3.07. The zero-order valence-corrected chi connectivity index (χ0v) is 8.08. The average Bonchev–Trinajstić information content (AvgIpc) is 2.31. The Hall–Kier alpha value is -0.620. The Bertz CT molecular complexity index is 294. The summed E-state index contributed by atoms with van der Waals surface area (Å²) in [4.78, 5) is 10.4. The van der Waals surface area contributed by atoms with Gasteiger partial charge in [0.15, 0.2) is 6.10 Å². The van der Waals surface area contributed by atoms with Gasteiger partial charge in [-0.1, -0.05) is 0 Å². The Balaban J connectivity index is 2.47. The Morgan fingerprint density at radius 3 is 2.54 bits per heavy atom. The second kappa shape index (κ2) is 3.63. The molecule has 13 heavy (non-hydrogen) atoms. The van der Waals surface area contributed by atoms with Crippen LogP contribution in [-0.2, 0) is 19.4 Å². The van der Waals surface area contributed by atoms with Gasteiger partial charge in [0.2, 0.25) is 0 Å². The lowest BCUT2D eigenvalue weighted by atomic mass is 10.2. The Morgan fingerprint density at radius 1 is 1.54 bits per heavy atom. The van der Waals surface area contributed by atoms with Crippen molar-refractivity contribution < 1.29 is 23.1 Å². The van der Waals surface area contributed by atoms with E-state index < -0.39 is 28.0 Å². The van der Waals surface area contributed by atoms with E-state index in [0.717, 1.165) is 6.26 Å². The van der Waals surface area contributed by atoms with Crippen LogP contribution in [0.4, 0.5) is 0 Å². The molecular weight excluding hydrogens is 196 g/mol. The van der Waals surface area contributed by atoms with Crippen LogP contribution in [0.25, 0.3) is 0 Å². The summed E-state index contributed by atoms with van der Waals surface area (Å²) in [5.41, 5.74) is 0. The predicted octanol–water partition coefficient (Wildman–Crippen LogP) is -0.337. The van der Waals surface area contributed by atoms with Gasteiger partial charge in [0, 0.05) is 6.26 Å². The minimum absolute atomic E-state index is 0.0865. The lowest BCUT2D eigenvalue weighted by Gasteiger charge is -2.08. The molecule has 1 N–H and O–H groups in total. The second-order valence-corrected chi connectivity index (χ2v) is 5.44. The molecule has 0 bridgehead atoms. The fraction of sp³-hybridized carbons (Fsp3) is 0.857. The van der Waals surface area contributed by atoms with Gasteiger partial charge in [-0.05, 0) is 12.8 Å². The number of carbonyl (C=O) groups is 1. The molecule has 1 aliphatic rings. The smallest absolute Gasteiger partial charge is 0.332 e. The summed E-state index contributed by atoms with van der Waals surface area (Å²) in [6.07, 6.45) is 0.743. The highest BCUT2D eigenvalue weighted by Gasteiger charge is 2.32. The molecule has 0 radical (unpaired) electrons. The Labute approximate surface area is 76.6 Å². The average molecular weight is 208 g/mol. The lowest BCUT2D eigenvalue weighted by Crippen LogP contribution is -2.24. The van der Waals surface area contributed by atoms with E-state index in [-0.39, 0.29) is 5.75 Å². The van der Waals surface area contributed by atoms with Crippen LogP contribution in [0.1, 0.15) is 12.8 Å². The third-order valence-electron chi connectivity index (χ3n) is 1.87. The number of carboxylic acids is 1. The summed E-state index contributed by atoms with van der Waals surface area (Å²) >= 11 is 0. The largest absolute Gasteiger partial charge is 0.479 e. The maximum atomic E-state index is 10.8. The molecule has 1 rings (SSSR count). The van der Waals surface area contributed by atoms with Crippen molar-refractivity contribution in [2.75, 3.05) is 12.0 Å². The molecular formula is C7H12O5S. The van der Waals surface area contributed by atoms with E-state index in [1.807, 2.05) is 0 Å². The second-order valence-electron chi connectivity index (χ2n) is 3.25. The predicted molar refractivity (Wildman–Crippen MR) is 45.2 cm³/mol. The molecule has 1 heterocycles. The van der Waals surface area contributed by atoms with Crippen LogP contribution < -0.4 is 0 Å². The molecule has 0 aromatic rings. The molecule has 0 amide bonds. The van der Waals surface area contributed by atoms with E-state index in [2.05, 4.69) is 0 Å². The van der Waals surface area contributed by atoms with E-state index in [1.165, 1.54) is 0 Å². The van der Waals surface area contributed by atoms with Gasteiger partial charge in [-0.15, -0.1) is 0 Å². The summed E-state index contributed by atoms with van der Waals surface area (Å²) in [6, 6.07) is 0. The number of hydrogen-bond donors (Lipinski definition) is 1. The van der Waals surface area contributed by atoms with Crippen LogP contribution in [0.3, 0.4) is 0 Å². The van der Waals surface area contributed by atoms with Gasteiger partial charge in [0.05, 0.1) is 11.9 Å². The molecule has 76 valence electrons. The van der Waals surface area contributed by atoms with Crippen LogP contribution in [-0.4, -0.2) is 43.7 Å². The first kappa shape index (κ1) is 10.5. The van der Waals surface area contributed by atoms with Crippen molar-refractivity contribution >= 4 is 15.8 Å². The molecule has 0 aliphatic carbocycles. The molecule has 0 spiro atoms. The standard InChI is InChI=1S/C7H12O5S/c1-13(10,11)4-5-2-3-6(12-5)7(8)9/h5-6H,2-4H2,1H3,(H,8,9)/t5-,6-/m0/s1. The van der Waals surface area contributed by atoms with Gasteiger partial charge in [-0.3, -0.25) is 0 Å². The first-order valence-corrected chi connectivity index (χ1v) is 6.00. The zero-order chi connectivity index (χ0) is 10.1. The van der Waals surface area contributed by atoms with Crippen molar-refractivity contribution in [1.29, 1.82) is 0 Å². The maximum Gasteiger partial charge on any atom is 0.332 e. The Kier molecular flexibility index (Phi) is 2.92. The van der Waals surface area contributed by atoms with Crippen LogP contribution in [0, 0.1) is 0 Å². The van der Waals surface area contributed by atoms with Gasteiger partial charge in [0.1, 0.15) is 9.84 Å². The molecule has 5 nitrogen and oxygen atoms in total. The fourth-order valence-corrected chi connectivity index (χ4v) is 2.27. The van der Waals surface area contributed by atoms with Crippen molar-refractivity contribution in [3.8, 4) is 0 Å². The molecule has 1 fully saturated rings. The van der Waals surface area contributed by atoms with Crippen molar-refractivity contribution in [3.63, 3.8) is 0 Å². The van der Waals surface area contributed by atoms with Crippen LogP contribution in [0.15, 0.2) is 0 Å². The normalized spacial score (nSPS) is 29.0. The van der Waals surface area contributed by atoms with Crippen molar-refractivity contribution in [1.82, 2.24) is 0 Å². The maximum absolute atomic E-state index is 10.8. The van der Waals surface area contributed by atoms with E-state index in [0.29, 0.717) is 12.8 Å². The third kappa shape index (κ3) is 3.31. The quantitative estimate of drug-likeness (QED) is 0.686. The third-order valence-corrected chi connectivity index (χ3v) is 2.85. The van der Waals surface area contributed by atoms with Gasteiger partial charge in [0.25, 0.3) is 0 Å². The minimum atomic E-state index is -3.07.